The van der Waals surface area contributed by atoms with Gasteiger partial charge in [-0.05, 0) is 19.4 Å². The number of carboxylic acid groups (broad SMARTS) is 3. The second kappa shape index (κ2) is 7.58. The molecule has 0 amide bonds. The van der Waals surface area contributed by atoms with Crippen molar-refractivity contribution >= 4 is 17.9 Å². The van der Waals surface area contributed by atoms with Gasteiger partial charge in [0.2, 0.25) is 6.04 Å². The normalized spacial score (nSPS) is 12.4. The molecular formula is C9H16N2O6. The van der Waals surface area contributed by atoms with E-state index in [0.29, 0.717) is 12.8 Å². The highest BCUT2D eigenvalue weighted by atomic mass is 16.4. The lowest BCUT2D eigenvalue weighted by molar-refractivity contribution is -0.151. The molecule has 17 heavy (non-hydrogen) atoms. The number of carbonyl (C=O) groups is 3. The van der Waals surface area contributed by atoms with Gasteiger partial charge in [0, 0.05) is 0 Å². The Bertz CT molecular complexity index is 279. The smallest absolute Gasteiger partial charge is 0.332 e. The van der Waals surface area contributed by atoms with Crippen LogP contribution in [0.3, 0.4) is 0 Å². The van der Waals surface area contributed by atoms with Gasteiger partial charge in [0.1, 0.15) is 6.04 Å². The monoisotopic (exact) mass is 248 g/mol. The predicted molar refractivity (Wildman–Crippen MR) is 56.5 cm³/mol. The molecule has 0 bridgehead atoms. The van der Waals surface area contributed by atoms with E-state index in [0.717, 1.165) is 0 Å². The fraction of sp³-hybridized carbons (Fsp3) is 0.667. The summed E-state index contributed by atoms with van der Waals surface area (Å²) in [6.45, 7) is 0.176. The van der Waals surface area contributed by atoms with Gasteiger partial charge in [-0.15, -0.1) is 0 Å². The zero-order valence-electron chi connectivity index (χ0n) is 9.13. The second-order valence-electron chi connectivity index (χ2n) is 3.50. The molecule has 8 heteroatoms. The first-order valence-corrected chi connectivity index (χ1v) is 5.03. The molecule has 0 unspecified atom stereocenters. The molecule has 0 saturated carbocycles. The molecule has 6 N–H and O–H groups in total. The fourth-order valence-electron chi connectivity index (χ4n) is 1.14. The average Bonchev–Trinajstić information content (AvgIpc) is 2.21. The molecule has 0 heterocycles. The van der Waals surface area contributed by atoms with Gasteiger partial charge in [-0.3, -0.25) is 10.1 Å². The first-order valence-electron chi connectivity index (χ1n) is 5.03. The Morgan fingerprint density at radius 3 is 1.94 bits per heavy atom. The minimum Gasteiger partial charge on any atom is -0.480 e. The summed E-state index contributed by atoms with van der Waals surface area (Å²) in [5.41, 5.74) is 5.25. The highest BCUT2D eigenvalue weighted by Gasteiger charge is 2.24. The quantitative estimate of drug-likeness (QED) is 0.249. The topological polar surface area (TPSA) is 150 Å². The van der Waals surface area contributed by atoms with Crippen LogP contribution >= 0.6 is 0 Å². The second-order valence-corrected chi connectivity index (χ2v) is 3.50. The Balaban J connectivity index is 3.73. The average molecular weight is 248 g/mol. The van der Waals surface area contributed by atoms with Crippen molar-refractivity contribution in [2.45, 2.75) is 31.3 Å². The van der Waals surface area contributed by atoms with E-state index in [9.17, 15) is 14.4 Å². The van der Waals surface area contributed by atoms with Crippen LogP contribution in [-0.2, 0) is 14.4 Å². The minimum atomic E-state index is -1.64. The summed E-state index contributed by atoms with van der Waals surface area (Å²) in [5.74, 6) is -4.01. The van der Waals surface area contributed by atoms with Crippen molar-refractivity contribution in [3.63, 3.8) is 0 Å². The molecular weight excluding hydrogens is 232 g/mol. The number of rotatable bonds is 9. The van der Waals surface area contributed by atoms with Crippen LogP contribution in [0.2, 0.25) is 0 Å². The molecule has 8 nitrogen and oxygen atoms in total. The molecule has 0 aromatic rings. The molecule has 0 aliphatic rings. The summed E-state index contributed by atoms with van der Waals surface area (Å²) >= 11 is 0. The van der Waals surface area contributed by atoms with Gasteiger partial charge in [0.15, 0.2) is 0 Å². The lowest BCUT2D eigenvalue weighted by Gasteiger charge is -2.10. The highest BCUT2D eigenvalue weighted by molar-refractivity contribution is 5.97. The van der Waals surface area contributed by atoms with E-state index in [1.807, 2.05) is 0 Å². The van der Waals surface area contributed by atoms with E-state index in [-0.39, 0.29) is 13.0 Å². The number of hydrogen-bond donors (Lipinski definition) is 5. The summed E-state index contributed by atoms with van der Waals surface area (Å²) in [5, 5.41) is 27.9. The van der Waals surface area contributed by atoms with Gasteiger partial charge in [-0.2, -0.15) is 0 Å². The zero-order chi connectivity index (χ0) is 13.4. The highest BCUT2D eigenvalue weighted by Crippen LogP contribution is 1.98. The van der Waals surface area contributed by atoms with E-state index >= 15 is 0 Å². The Kier molecular flexibility index (Phi) is 6.83. The van der Waals surface area contributed by atoms with Crippen molar-refractivity contribution in [3.8, 4) is 0 Å². The third-order valence-electron chi connectivity index (χ3n) is 2.10. The van der Waals surface area contributed by atoms with Crippen LogP contribution < -0.4 is 11.1 Å². The SMILES string of the molecule is N[C@@H](CCCCNC(C(=O)O)C(=O)O)C(=O)O. The zero-order valence-corrected chi connectivity index (χ0v) is 9.13. The molecule has 98 valence electrons. The van der Waals surface area contributed by atoms with Gasteiger partial charge < -0.3 is 21.1 Å². The third kappa shape index (κ3) is 6.48. The van der Waals surface area contributed by atoms with Crippen molar-refractivity contribution in [1.82, 2.24) is 5.32 Å². The van der Waals surface area contributed by atoms with Crippen LogP contribution in [0.5, 0.6) is 0 Å². The van der Waals surface area contributed by atoms with Crippen LogP contribution in [0.25, 0.3) is 0 Å². The number of nitrogens with two attached hydrogens (primary N) is 1. The van der Waals surface area contributed by atoms with Gasteiger partial charge >= 0.3 is 17.9 Å². The first kappa shape index (κ1) is 15.3. The summed E-state index contributed by atoms with van der Waals surface area (Å²) in [7, 11) is 0. The van der Waals surface area contributed by atoms with Gasteiger partial charge in [-0.1, -0.05) is 6.42 Å². The summed E-state index contributed by atoms with van der Waals surface area (Å²) in [6, 6.07) is -2.58. The third-order valence-corrected chi connectivity index (χ3v) is 2.10. The molecule has 0 aromatic carbocycles. The maximum atomic E-state index is 10.5. The maximum absolute atomic E-state index is 10.5. The Morgan fingerprint density at radius 2 is 1.53 bits per heavy atom. The molecule has 1 atom stereocenters. The van der Waals surface area contributed by atoms with Crippen molar-refractivity contribution in [1.29, 1.82) is 0 Å². The van der Waals surface area contributed by atoms with Crippen molar-refractivity contribution < 1.29 is 29.7 Å². The number of hydrogen-bond acceptors (Lipinski definition) is 5. The molecule has 0 aromatic heterocycles. The number of carboxylic acids is 3. The first-order chi connectivity index (χ1) is 7.86. The number of aliphatic carboxylic acids is 3. The molecule has 0 fully saturated rings. The van der Waals surface area contributed by atoms with E-state index in [2.05, 4.69) is 5.32 Å². The van der Waals surface area contributed by atoms with Crippen molar-refractivity contribution in [2.75, 3.05) is 6.54 Å². The predicted octanol–water partition coefficient (Wildman–Crippen LogP) is -1.30. The number of nitrogens with one attached hydrogen (secondary N) is 1. The van der Waals surface area contributed by atoms with Gasteiger partial charge in [0.25, 0.3) is 0 Å². The molecule has 0 radical (unpaired) electrons. The Labute approximate surface area is 97.4 Å². The minimum absolute atomic E-state index is 0.176. The van der Waals surface area contributed by atoms with E-state index in [1.165, 1.54) is 0 Å². The summed E-state index contributed by atoms with van der Waals surface area (Å²) in [6.07, 6.45) is 1.20. The standard InChI is InChI=1S/C9H16N2O6/c10-5(7(12)13)3-1-2-4-11-6(8(14)15)9(16)17/h5-6,11H,1-4,10H2,(H,12,13)(H,14,15)(H,16,17)/t5-/m0/s1. The largest absolute Gasteiger partial charge is 0.480 e. The van der Waals surface area contributed by atoms with E-state index in [4.69, 9.17) is 21.1 Å². The lowest BCUT2D eigenvalue weighted by atomic mass is 10.1. The van der Waals surface area contributed by atoms with Crippen LogP contribution in [0.1, 0.15) is 19.3 Å². The summed E-state index contributed by atoms with van der Waals surface area (Å²) < 4.78 is 0. The van der Waals surface area contributed by atoms with E-state index in [1.54, 1.807) is 0 Å². The van der Waals surface area contributed by atoms with Crippen molar-refractivity contribution in [3.05, 3.63) is 0 Å². The van der Waals surface area contributed by atoms with Crippen LogP contribution in [0, 0.1) is 0 Å². The van der Waals surface area contributed by atoms with Crippen LogP contribution in [0.15, 0.2) is 0 Å². The molecule has 0 aliphatic carbocycles. The molecule has 0 rings (SSSR count). The molecule has 0 spiro atoms. The maximum Gasteiger partial charge on any atom is 0.332 e. The Morgan fingerprint density at radius 1 is 1.00 bits per heavy atom. The van der Waals surface area contributed by atoms with Gasteiger partial charge in [0.05, 0.1) is 0 Å². The van der Waals surface area contributed by atoms with Crippen molar-refractivity contribution in [2.24, 2.45) is 5.73 Å². The van der Waals surface area contributed by atoms with Crippen LogP contribution in [0.4, 0.5) is 0 Å². The van der Waals surface area contributed by atoms with Gasteiger partial charge in [-0.25, -0.2) is 9.59 Å². The Hall–Kier alpha value is -1.67. The molecule has 0 saturated heterocycles. The summed E-state index contributed by atoms with van der Waals surface area (Å²) in [4.78, 5) is 31.3. The number of unbranched alkanes of at least 4 members (excludes halogenated alkanes) is 1. The molecule has 0 aliphatic heterocycles. The fourth-order valence-corrected chi connectivity index (χ4v) is 1.14. The van der Waals surface area contributed by atoms with E-state index < -0.39 is 30.0 Å². The van der Waals surface area contributed by atoms with Crippen LogP contribution in [-0.4, -0.2) is 51.9 Å². The lowest BCUT2D eigenvalue weighted by Crippen LogP contribution is -2.43.